The zero-order chi connectivity index (χ0) is 12.7. The van der Waals surface area contributed by atoms with Gasteiger partial charge in [-0.2, -0.15) is 0 Å². The molecule has 0 saturated heterocycles. The van der Waals surface area contributed by atoms with Gasteiger partial charge in [0.25, 0.3) is 0 Å². The van der Waals surface area contributed by atoms with E-state index in [9.17, 15) is 0 Å². The highest BCUT2D eigenvalue weighted by molar-refractivity contribution is 5.76. The number of fused-ring (bicyclic) bond motifs is 2. The molecule has 0 saturated carbocycles. The Bertz CT molecular complexity index is 790. The van der Waals surface area contributed by atoms with E-state index in [0.29, 0.717) is 0 Å². The van der Waals surface area contributed by atoms with E-state index in [2.05, 4.69) is 31.2 Å². The van der Waals surface area contributed by atoms with Crippen molar-refractivity contribution in [2.75, 3.05) is 0 Å². The van der Waals surface area contributed by atoms with Crippen molar-refractivity contribution in [2.45, 2.75) is 6.67 Å². The zero-order valence-electron chi connectivity index (χ0n) is 10.8. The van der Waals surface area contributed by atoms with E-state index in [4.69, 9.17) is 0 Å². The molecule has 5 heteroatoms. The molecule has 0 unspecified atom stereocenters. The van der Waals surface area contributed by atoms with E-state index in [-0.39, 0.29) is 5.48 Å². The second-order valence-corrected chi connectivity index (χ2v) is 4.55. The third kappa shape index (κ3) is 1.85. The standard InChI is InChI=1S/C15H12N4.H2O/c1-3-7-14-12(5-1)16-9-18(14)11-19-10-17-13-6-2-4-8-15(13)19;/h1-10H,11H2;1H2. The molecule has 4 rings (SSSR count). The molecule has 0 aliphatic carbocycles. The van der Waals surface area contributed by atoms with Crippen molar-refractivity contribution in [3.8, 4) is 0 Å². The predicted octanol–water partition coefficient (Wildman–Crippen LogP) is 2.07. The van der Waals surface area contributed by atoms with Crippen molar-refractivity contribution in [1.82, 2.24) is 19.1 Å². The molecule has 0 amide bonds. The quantitative estimate of drug-likeness (QED) is 0.557. The molecule has 0 aliphatic rings. The van der Waals surface area contributed by atoms with Crippen LogP contribution in [-0.4, -0.2) is 24.6 Å². The molecule has 0 radical (unpaired) electrons. The number of imidazole rings is 2. The second-order valence-electron chi connectivity index (χ2n) is 4.55. The molecular weight excluding hydrogens is 252 g/mol. The van der Waals surface area contributed by atoms with Gasteiger partial charge in [-0.3, -0.25) is 0 Å². The van der Waals surface area contributed by atoms with Gasteiger partial charge in [0.05, 0.1) is 34.7 Å². The molecule has 2 aromatic carbocycles. The van der Waals surface area contributed by atoms with Crippen molar-refractivity contribution in [2.24, 2.45) is 0 Å². The molecule has 0 fully saturated rings. The second kappa shape index (κ2) is 4.79. The summed E-state index contributed by atoms with van der Waals surface area (Å²) >= 11 is 0. The van der Waals surface area contributed by atoms with Gasteiger partial charge in [0, 0.05) is 0 Å². The molecule has 2 N–H and O–H groups in total. The minimum absolute atomic E-state index is 0. The van der Waals surface area contributed by atoms with Crippen molar-refractivity contribution in [3.63, 3.8) is 0 Å². The maximum absolute atomic E-state index is 4.41. The summed E-state index contributed by atoms with van der Waals surface area (Å²) in [6.07, 6.45) is 3.75. The summed E-state index contributed by atoms with van der Waals surface area (Å²) in [5.41, 5.74) is 4.32. The fourth-order valence-electron chi connectivity index (χ4n) is 2.41. The Kier molecular flexibility index (Phi) is 2.96. The smallest absolute Gasteiger partial charge is 0.102 e. The van der Waals surface area contributed by atoms with E-state index in [0.717, 1.165) is 28.7 Å². The summed E-state index contributed by atoms with van der Waals surface area (Å²) in [7, 11) is 0. The first-order valence-electron chi connectivity index (χ1n) is 6.21. The Labute approximate surface area is 115 Å². The maximum atomic E-state index is 4.41. The van der Waals surface area contributed by atoms with E-state index in [1.54, 1.807) is 0 Å². The van der Waals surface area contributed by atoms with Crippen LogP contribution in [0.5, 0.6) is 0 Å². The summed E-state index contributed by atoms with van der Waals surface area (Å²) in [5.74, 6) is 0. The summed E-state index contributed by atoms with van der Waals surface area (Å²) in [6, 6.07) is 16.3. The molecule has 2 aromatic heterocycles. The van der Waals surface area contributed by atoms with Crippen molar-refractivity contribution >= 4 is 22.1 Å². The number of nitrogens with zero attached hydrogens (tertiary/aromatic N) is 4. The summed E-state index contributed by atoms with van der Waals surface area (Å²) in [6.45, 7) is 0.723. The molecule has 2 heterocycles. The average molecular weight is 266 g/mol. The van der Waals surface area contributed by atoms with Crippen LogP contribution in [0.2, 0.25) is 0 Å². The Morgan fingerprint density at radius 1 is 0.700 bits per heavy atom. The lowest BCUT2D eigenvalue weighted by Gasteiger charge is -2.06. The fraction of sp³-hybridized carbons (Fsp3) is 0.0667. The summed E-state index contributed by atoms with van der Waals surface area (Å²) < 4.78 is 4.26. The Morgan fingerprint density at radius 2 is 1.15 bits per heavy atom. The van der Waals surface area contributed by atoms with Crippen LogP contribution in [0.15, 0.2) is 61.2 Å². The number of aromatic nitrogens is 4. The number of para-hydroxylation sites is 4. The number of hydrogen-bond acceptors (Lipinski definition) is 2. The van der Waals surface area contributed by atoms with Gasteiger partial charge in [0.1, 0.15) is 6.67 Å². The van der Waals surface area contributed by atoms with Gasteiger partial charge in [-0.05, 0) is 24.3 Å². The SMILES string of the molecule is O.c1ccc2c(c1)ncn2Cn1cnc2ccccc21. The van der Waals surface area contributed by atoms with E-state index in [1.807, 2.05) is 49.1 Å². The maximum Gasteiger partial charge on any atom is 0.102 e. The third-order valence-electron chi connectivity index (χ3n) is 3.36. The first-order valence-corrected chi connectivity index (χ1v) is 6.21. The minimum Gasteiger partial charge on any atom is -0.412 e. The van der Waals surface area contributed by atoms with Crippen LogP contribution in [-0.2, 0) is 6.67 Å². The Hall–Kier alpha value is -2.66. The van der Waals surface area contributed by atoms with Gasteiger partial charge in [0.2, 0.25) is 0 Å². The number of hydrogen-bond donors (Lipinski definition) is 0. The van der Waals surface area contributed by atoms with Crippen LogP contribution in [0.4, 0.5) is 0 Å². The highest BCUT2D eigenvalue weighted by Crippen LogP contribution is 2.15. The molecule has 0 spiro atoms. The van der Waals surface area contributed by atoms with Gasteiger partial charge in [-0.25, -0.2) is 9.97 Å². The lowest BCUT2D eigenvalue weighted by atomic mass is 10.3. The largest absolute Gasteiger partial charge is 0.412 e. The van der Waals surface area contributed by atoms with Gasteiger partial charge in [-0.1, -0.05) is 24.3 Å². The highest BCUT2D eigenvalue weighted by Gasteiger charge is 2.04. The fourth-order valence-corrected chi connectivity index (χ4v) is 2.41. The zero-order valence-corrected chi connectivity index (χ0v) is 10.8. The molecule has 0 bridgehead atoms. The average Bonchev–Trinajstić information content (AvgIpc) is 3.05. The first kappa shape index (κ1) is 12.4. The Balaban J connectivity index is 0.00000121. The number of rotatable bonds is 2. The third-order valence-corrected chi connectivity index (χ3v) is 3.36. The van der Waals surface area contributed by atoms with Crippen LogP contribution in [0.25, 0.3) is 22.1 Å². The molecule has 100 valence electrons. The van der Waals surface area contributed by atoms with Crippen LogP contribution in [0.3, 0.4) is 0 Å². The van der Waals surface area contributed by atoms with E-state index < -0.39 is 0 Å². The van der Waals surface area contributed by atoms with Crippen LogP contribution < -0.4 is 0 Å². The van der Waals surface area contributed by atoms with Crippen LogP contribution in [0.1, 0.15) is 0 Å². The normalized spacial score (nSPS) is 10.8. The molecule has 0 aliphatic heterocycles. The van der Waals surface area contributed by atoms with Crippen LogP contribution >= 0.6 is 0 Å². The lowest BCUT2D eigenvalue weighted by molar-refractivity contribution is 0.637. The Morgan fingerprint density at radius 3 is 1.65 bits per heavy atom. The van der Waals surface area contributed by atoms with E-state index >= 15 is 0 Å². The lowest BCUT2D eigenvalue weighted by Crippen LogP contribution is -2.05. The van der Waals surface area contributed by atoms with Crippen LogP contribution in [0, 0.1) is 0 Å². The molecule has 5 nitrogen and oxygen atoms in total. The van der Waals surface area contributed by atoms with Crippen molar-refractivity contribution < 1.29 is 5.48 Å². The highest BCUT2D eigenvalue weighted by atomic mass is 16.0. The monoisotopic (exact) mass is 266 g/mol. The van der Waals surface area contributed by atoms with Gasteiger partial charge in [0.15, 0.2) is 0 Å². The topological polar surface area (TPSA) is 67.1 Å². The predicted molar refractivity (Wildman–Crippen MR) is 78.5 cm³/mol. The molecule has 4 aromatic rings. The molecule has 0 atom stereocenters. The summed E-state index contributed by atoms with van der Waals surface area (Å²) in [4.78, 5) is 8.82. The summed E-state index contributed by atoms with van der Waals surface area (Å²) in [5, 5.41) is 0. The molecule has 20 heavy (non-hydrogen) atoms. The van der Waals surface area contributed by atoms with Gasteiger partial charge < -0.3 is 14.6 Å². The first-order chi connectivity index (χ1) is 9.42. The van der Waals surface area contributed by atoms with Gasteiger partial charge in [-0.15, -0.1) is 0 Å². The number of benzene rings is 2. The van der Waals surface area contributed by atoms with Gasteiger partial charge >= 0.3 is 0 Å². The van der Waals surface area contributed by atoms with Crippen molar-refractivity contribution in [3.05, 3.63) is 61.2 Å². The van der Waals surface area contributed by atoms with Crippen molar-refractivity contribution in [1.29, 1.82) is 0 Å². The minimum atomic E-state index is 0. The van der Waals surface area contributed by atoms with E-state index in [1.165, 1.54) is 0 Å². The molecular formula is C15H14N4O.